The highest BCUT2D eigenvalue weighted by molar-refractivity contribution is 8.18. The van der Waals surface area contributed by atoms with Crippen LogP contribution in [0.1, 0.15) is 5.56 Å². The molecule has 4 rings (SSSR count). The Bertz CT molecular complexity index is 1120. The second-order valence-corrected chi connectivity index (χ2v) is 7.81. The van der Waals surface area contributed by atoms with Crippen LogP contribution in [0.25, 0.3) is 17.0 Å². The fourth-order valence-corrected chi connectivity index (χ4v) is 4.14. The molecule has 1 N–H and O–H groups in total. The van der Waals surface area contributed by atoms with Crippen LogP contribution in [0.3, 0.4) is 0 Å². The van der Waals surface area contributed by atoms with Crippen LogP contribution in [0.5, 0.6) is 0 Å². The van der Waals surface area contributed by atoms with Crippen LogP contribution in [0.2, 0.25) is 15.1 Å². The van der Waals surface area contributed by atoms with Gasteiger partial charge in [0, 0.05) is 11.6 Å². The summed E-state index contributed by atoms with van der Waals surface area (Å²) in [6.07, 6.45) is 3.44. The highest BCUT2D eigenvalue weighted by Crippen LogP contribution is 2.36. The van der Waals surface area contributed by atoms with Crippen molar-refractivity contribution in [1.29, 1.82) is 0 Å². The average Bonchev–Trinajstić information content (AvgIpc) is 3.00. The number of halogens is 3. The standard InChI is InChI=1S/C19H10Cl3N3OS/c20-12-4-1-5-13(21)17(12)24-19-25-18(26)15(27-19)9-10-6-7-14-11(16(10)22)3-2-8-23-14/h1-9H,(H,24,25,26). The van der Waals surface area contributed by atoms with Crippen LogP contribution < -0.4 is 5.32 Å². The molecule has 0 spiro atoms. The van der Waals surface area contributed by atoms with Crippen molar-refractivity contribution in [2.24, 2.45) is 4.99 Å². The van der Waals surface area contributed by atoms with Gasteiger partial charge in [-0.05, 0) is 53.7 Å². The molecule has 1 fully saturated rings. The van der Waals surface area contributed by atoms with Gasteiger partial charge in [0.15, 0.2) is 5.17 Å². The highest BCUT2D eigenvalue weighted by Gasteiger charge is 2.25. The van der Waals surface area contributed by atoms with Gasteiger partial charge < -0.3 is 5.32 Å². The molecule has 3 aromatic rings. The number of aliphatic imine (C=N–C) groups is 1. The number of fused-ring (bicyclic) bond motifs is 1. The molecule has 2 aromatic carbocycles. The summed E-state index contributed by atoms with van der Waals surface area (Å²) >= 11 is 20.0. The van der Waals surface area contributed by atoms with Gasteiger partial charge in [0.2, 0.25) is 0 Å². The highest BCUT2D eigenvalue weighted by atomic mass is 35.5. The molecule has 27 heavy (non-hydrogen) atoms. The molecule has 1 aliphatic rings. The van der Waals surface area contributed by atoms with Crippen LogP contribution in [0, 0.1) is 0 Å². The molecule has 1 saturated heterocycles. The van der Waals surface area contributed by atoms with E-state index in [4.69, 9.17) is 34.8 Å². The van der Waals surface area contributed by atoms with E-state index in [1.165, 1.54) is 11.8 Å². The van der Waals surface area contributed by atoms with E-state index in [2.05, 4.69) is 15.3 Å². The van der Waals surface area contributed by atoms with E-state index in [0.717, 1.165) is 16.5 Å². The summed E-state index contributed by atoms with van der Waals surface area (Å²) in [5.74, 6) is -0.260. The zero-order valence-electron chi connectivity index (χ0n) is 13.5. The van der Waals surface area contributed by atoms with Gasteiger partial charge in [-0.3, -0.25) is 9.78 Å². The molecule has 134 valence electrons. The fourth-order valence-electron chi connectivity index (χ4n) is 2.56. The van der Waals surface area contributed by atoms with Gasteiger partial charge in [0.25, 0.3) is 5.91 Å². The van der Waals surface area contributed by atoms with E-state index in [-0.39, 0.29) is 5.91 Å². The van der Waals surface area contributed by atoms with Gasteiger partial charge in [0.1, 0.15) is 5.69 Å². The number of pyridine rings is 1. The maximum absolute atomic E-state index is 12.3. The number of amides is 1. The Balaban J connectivity index is 1.69. The minimum Gasteiger partial charge on any atom is -0.300 e. The molecule has 1 amide bonds. The van der Waals surface area contributed by atoms with Crippen molar-refractivity contribution in [3.63, 3.8) is 0 Å². The van der Waals surface area contributed by atoms with Crippen LogP contribution in [-0.4, -0.2) is 16.1 Å². The first-order valence-corrected chi connectivity index (χ1v) is 9.75. The Hall–Kier alpha value is -2.05. The topological polar surface area (TPSA) is 54.4 Å². The Morgan fingerprint density at radius 2 is 1.81 bits per heavy atom. The molecule has 1 aromatic heterocycles. The van der Waals surface area contributed by atoms with E-state index in [1.807, 2.05) is 24.3 Å². The van der Waals surface area contributed by atoms with E-state index < -0.39 is 0 Å². The van der Waals surface area contributed by atoms with Crippen molar-refractivity contribution in [3.05, 3.63) is 74.2 Å². The zero-order chi connectivity index (χ0) is 19.0. The molecule has 0 unspecified atom stereocenters. The number of thioether (sulfide) groups is 1. The lowest BCUT2D eigenvalue weighted by molar-refractivity contribution is -0.115. The fraction of sp³-hybridized carbons (Fsp3) is 0. The van der Waals surface area contributed by atoms with E-state index in [9.17, 15) is 4.79 Å². The van der Waals surface area contributed by atoms with Gasteiger partial charge in [-0.1, -0.05) is 46.9 Å². The first-order chi connectivity index (χ1) is 13.0. The number of para-hydroxylation sites is 1. The third-order valence-electron chi connectivity index (χ3n) is 3.84. The third-order valence-corrected chi connectivity index (χ3v) is 5.78. The molecule has 0 saturated carbocycles. The van der Waals surface area contributed by atoms with E-state index >= 15 is 0 Å². The smallest absolute Gasteiger partial charge is 0.264 e. The second-order valence-electron chi connectivity index (χ2n) is 5.59. The van der Waals surface area contributed by atoms with Crippen molar-refractivity contribution >= 4 is 80.3 Å². The number of benzene rings is 2. The van der Waals surface area contributed by atoms with Crippen LogP contribution in [0.4, 0.5) is 5.69 Å². The molecular formula is C19H10Cl3N3OS. The number of carbonyl (C=O) groups is 1. The number of aromatic nitrogens is 1. The summed E-state index contributed by atoms with van der Waals surface area (Å²) in [5.41, 5.74) is 1.94. The first kappa shape index (κ1) is 18.3. The summed E-state index contributed by atoms with van der Waals surface area (Å²) in [6, 6.07) is 12.5. The molecule has 8 heteroatoms. The number of nitrogens with zero attached hydrogens (tertiary/aromatic N) is 2. The van der Waals surface area contributed by atoms with E-state index in [1.54, 1.807) is 30.5 Å². The minimum absolute atomic E-state index is 0.260. The van der Waals surface area contributed by atoms with Crippen molar-refractivity contribution in [1.82, 2.24) is 10.3 Å². The van der Waals surface area contributed by atoms with Gasteiger partial charge in [-0.25, -0.2) is 4.99 Å². The Labute approximate surface area is 174 Å². The van der Waals surface area contributed by atoms with Crippen molar-refractivity contribution in [3.8, 4) is 0 Å². The molecular weight excluding hydrogens is 425 g/mol. The predicted molar refractivity (Wildman–Crippen MR) is 114 cm³/mol. The van der Waals surface area contributed by atoms with Gasteiger partial charge in [0.05, 0.1) is 25.5 Å². The van der Waals surface area contributed by atoms with Crippen LogP contribution in [0.15, 0.2) is 58.6 Å². The monoisotopic (exact) mass is 433 g/mol. The number of hydrogen-bond donors (Lipinski definition) is 1. The quantitative estimate of drug-likeness (QED) is 0.497. The molecule has 0 radical (unpaired) electrons. The molecule has 4 nitrogen and oxygen atoms in total. The normalized spacial score (nSPS) is 17.1. The molecule has 0 aliphatic carbocycles. The molecule has 0 bridgehead atoms. The summed E-state index contributed by atoms with van der Waals surface area (Å²) in [6.45, 7) is 0. The maximum Gasteiger partial charge on any atom is 0.264 e. The lowest BCUT2D eigenvalue weighted by atomic mass is 10.1. The van der Waals surface area contributed by atoms with Crippen molar-refractivity contribution < 1.29 is 4.79 Å². The van der Waals surface area contributed by atoms with Crippen LogP contribution >= 0.6 is 46.6 Å². The predicted octanol–water partition coefficient (Wildman–Crippen LogP) is 6.09. The first-order valence-electron chi connectivity index (χ1n) is 7.80. The summed E-state index contributed by atoms with van der Waals surface area (Å²) < 4.78 is 0. The number of nitrogens with one attached hydrogen (secondary N) is 1. The Morgan fingerprint density at radius 3 is 2.59 bits per heavy atom. The lowest BCUT2D eigenvalue weighted by Gasteiger charge is -2.03. The van der Waals surface area contributed by atoms with Gasteiger partial charge >= 0.3 is 0 Å². The van der Waals surface area contributed by atoms with Gasteiger partial charge in [-0.2, -0.15) is 0 Å². The molecule has 2 heterocycles. The lowest BCUT2D eigenvalue weighted by Crippen LogP contribution is -2.19. The van der Waals surface area contributed by atoms with Crippen molar-refractivity contribution in [2.75, 3.05) is 0 Å². The Kier molecular flexibility index (Phi) is 5.10. The number of hydrogen-bond acceptors (Lipinski definition) is 4. The largest absolute Gasteiger partial charge is 0.300 e. The summed E-state index contributed by atoms with van der Waals surface area (Å²) in [7, 11) is 0. The maximum atomic E-state index is 12.3. The molecule has 0 atom stereocenters. The average molecular weight is 435 g/mol. The molecule has 1 aliphatic heterocycles. The van der Waals surface area contributed by atoms with Gasteiger partial charge in [-0.15, -0.1) is 0 Å². The van der Waals surface area contributed by atoms with E-state index in [0.29, 0.717) is 30.8 Å². The summed E-state index contributed by atoms with van der Waals surface area (Å²) in [4.78, 5) is 21.4. The van der Waals surface area contributed by atoms with Crippen molar-refractivity contribution in [2.45, 2.75) is 0 Å². The SMILES string of the molecule is O=C1NC(=Nc2c(Cl)cccc2Cl)SC1=Cc1ccc2ncccc2c1Cl. The number of carbonyl (C=O) groups excluding carboxylic acids is 1. The second kappa shape index (κ2) is 7.52. The summed E-state index contributed by atoms with van der Waals surface area (Å²) in [5, 5.41) is 5.31. The number of rotatable bonds is 2. The number of amidine groups is 1. The third kappa shape index (κ3) is 3.69. The Morgan fingerprint density at radius 1 is 1.04 bits per heavy atom. The van der Waals surface area contributed by atoms with Crippen LogP contribution in [-0.2, 0) is 4.79 Å². The minimum atomic E-state index is -0.260. The zero-order valence-corrected chi connectivity index (χ0v) is 16.6.